The molecule has 1 aromatic rings. The second kappa shape index (κ2) is 12.6. The van der Waals surface area contributed by atoms with Crippen LogP contribution >= 0.6 is 24.0 Å². The number of unbranched alkanes of at least 4 members (excludes halogenated alkanes) is 1. The number of aliphatic imine (C=N–C) groups is 1. The molecule has 2 N–H and O–H groups in total. The molecule has 1 aromatic heterocycles. The number of hydrogen-bond acceptors (Lipinski definition) is 3. The van der Waals surface area contributed by atoms with Gasteiger partial charge in [0.25, 0.3) is 5.56 Å². The third-order valence-corrected chi connectivity index (χ3v) is 6.07. The highest BCUT2D eigenvalue weighted by molar-refractivity contribution is 14.0. The first kappa shape index (κ1) is 24.2. The highest BCUT2D eigenvalue weighted by Gasteiger charge is 2.30. The van der Waals surface area contributed by atoms with Gasteiger partial charge in [-0.3, -0.25) is 14.7 Å². The number of nitrogens with zero attached hydrogens (tertiary/aromatic N) is 3. The smallest absolute Gasteiger partial charge is 0.250 e. The van der Waals surface area contributed by atoms with Gasteiger partial charge in [-0.25, -0.2) is 0 Å². The highest BCUT2D eigenvalue weighted by Crippen LogP contribution is 2.26. The van der Waals surface area contributed by atoms with Crippen molar-refractivity contribution in [2.75, 3.05) is 26.2 Å². The van der Waals surface area contributed by atoms with Crippen LogP contribution in [-0.4, -0.2) is 53.7 Å². The Kier molecular flexibility index (Phi) is 10.5. The second-order valence-corrected chi connectivity index (χ2v) is 8.19. The van der Waals surface area contributed by atoms with Gasteiger partial charge in [-0.1, -0.05) is 18.9 Å². The van der Waals surface area contributed by atoms with Crippen molar-refractivity contribution in [1.29, 1.82) is 0 Å². The minimum absolute atomic E-state index is 0. The van der Waals surface area contributed by atoms with Crippen molar-refractivity contribution in [3.05, 3.63) is 34.2 Å². The number of aromatic nitrogens is 1. The van der Waals surface area contributed by atoms with E-state index >= 15 is 0 Å². The van der Waals surface area contributed by atoms with Crippen LogP contribution in [0.15, 0.2) is 28.0 Å². The quantitative estimate of drug-likeness (QED) is 0.242. The molecular weight excluding hydrogens is 477 g/mol. The highest BCUT2D eigenvalue weighted by atomic mass is 127. The molecule has 2 fully saturated rings. The van der Waals surface area contributed by atoms with Gasteiger partial charge in [-0.15, -0.1) is 24.0 Å². The van der Waals surface area contributed by atoms with E-state index in [2.05, 4.69) is 22.5 Å². The number of pyridine rings is 1. The van der Waals surface area contributed by atoms with Gasteiger partial charge in [0.15, 0.2) is 5.96 Å². The lowest BCUT2D eigenvalue weighted by Crippen LogP contribution is -2.45. The summed E-state index contributed by atoms with van der Waals surface area (Å²) in [6.07, 6.45) is 8.71. The maximum absolute atomic E-state index is 11.9. The van der Waals surface area contributed by atoms with Crippen molar-refractivity contribution in [3.63, 3.8) is 0 Å². The van der Waals surface area contributed by atoms with Crippen LogP contribution in [0, 0.1) is 6.92 Å². The fourth-order valence-electron chi connectivity index (χ4n) is 4.50. The van der Waals surface area contributed by atoms with Gasteiger partial charge in [0.1, 0.15) is 0 Å². The number of likely N-dealkylation sites (tertiary alicyclic amines) is 1. The molecule has 29 heavy (non-hydrogen) atoms. The largest absolute Gasteiger partial charge is 0.357 e. The van der Waals surface area contributed by atoms with Crippen LogP contribution < -0.4 is 16.2 Å². The topological polar surface area (TPSA) is 61.7 Å². The molecule has 0 aromatic carbocycles. The Morgan fingerprint density at radius 2 is 2.00 bits per heavy atom. The van der Waals surface area contributed by atoms with Crippen molar-refractivity contribution >= 4 is 29.9 Å². The Morgan fingerprint density at radius 1 is 1.21 bits per heavy atom. The molecule has 0 spiro atoms. The summed E-state index contributed by atoms with van der Waals surface area (Å²) in [5.74, 6) is 0.939. The fourth-order valence-corrected chi connectivity index (χ4v) is 4.50. The van der Waals surface area contributed by atoms with Gasteiger partial charge in [0.2, 0.25) is 0 Å². The minimum atomic E-state index is 0. The minimum Gasteiger partial charge on any atom is -0.357 e. The molecular formula is C22H38IN5O. The SMILES string of the molecule is CCNC(=NCCCCn1c(C)cccc1=O)NC1CCN(C2CCCC2)C1.I. The third kappa shape index (κ3) is 7.27. The van der Waals surface area contributed by atoms with Gasteiger partial charge in [0, 0.05) is 56.6 Å². The summed E-state index contributed by atoms with van der Waals surface area (Å²) in [6, 6.07) is 6.77. The molecule has 2 heterocycles. The van der Waals surface area contributed by atoms with Crippen LogP contribution in [-0.2, 0) is 6.54 Å². The van der Waals surface area contributed by atoms with E-state index < -0.39 is 0 Å². The molecule has 1 atom stereocenters. The summed E-state index contributed by atoms with van der Waals surface area (Å²) in [5, 5.41) is 7.03. The number of hydrogen-bond donors (Lipinski definition) is 2. The van der Waals surface area contributed by atoms with Crippen LogP contribution in [0.5, 0.6) is 0 Å². The van der Waals surface area contributed by atoms with Gasteiger partial charge in [0.05, 0.1) is 0 Å². The summed E-state index contributed by atoms with van der Waals surface area (Å²) in [6.45, 7) is 8.89. The molecule has 0 bridgehead atoms. The lowest BCUT2D eigenvalue weighted by molar-refractivity contribution is 0.242. The normalized spacial score (nSPS) is 20.6. The van der Waals surface area contributed by atoms with Crippen LogP contribution in [0.4, 0.5) is 0 Å². The van der Waals surface area contributed by atoms with Crippen molar-refractivity contribution in [3.8, 4) is 0 Å². The Bertz CT molecular complexity index is 699. The zero-order valence-corrected chi connectivity index (χ0v) is 20.4. The van der Waals surface area contributed by atoms with E-state index in [9.17, 15) is 4.79 Å². The number of nitrogens with one attached hydrogen (secondary N) is 2. The van der Waals surface area contributed by atoms with E-state index in [0.29, 0.717) is 6.04 Å². The zero-order valence-electron chi connectivity index (χ0n) is 18.0. The van der Waals surface area contributed by atoms with Crippen LogP contribution in [0.1, 0.15) is 57.6 Å². The molecule has 3 rings (SSSR count). The van der Waals surface area contributed by atoms with Gasteiger partial charge < -0.3 is 15.2 Å². The molecule has 0 radical (unpaired) electrons. The zero-order chi connectivity index (χ0) is 19.8. The fraction of sp³-hybridized carbons (Fsp3) is 0.727. The van der Waals surface area contributed by atoms with Gasteiger partial charge >= 0.3 is 0 Å². The van der Waals surface area contributed by atoms with Crippen LogP contribution in [0.25, 0.3) is 0 Å². The second-order valence-electron chi connectivity index (χ2n) is 8.19. The van der Waals surface area contributed by atoms with Gasteiger partial charge in [-0.2, -0.15) is 0 Å². The molecule has 164 valence electrons. The van der Waals surface area contributed by atoms with E-state index in [-0.39, 0.29) is 29.5 Å². The van der Waals surface area contributed by atoms with Crippen LogP contribution in [0.2, 0.25) is 0 Å². The van der Waals surface area contributed by atoms with Crippen LogP contribution in [0.3, 0.4) is 0 Å². The first-order valence-electron chi connectivity index (χ1n) is 11.1. The molecule has 1 saturated heterocycles. The predicted molar refractivity (Wildman–Crippen MR) is 131 cm³/mol. The molecule has 6 nitrogen and oxygen atoms in total. The summed E-state index contributed by atoms with van der Waals surface area (Å²) in [4.78, 5) is 19.4. The molecule has 7 heteroatoms. The average molecular weight is 515 g/mol. The van der Waals surface area contributed by atoms with E-state index in [1.54, 1.807) is 6.07 Å². The van der Waals surface area contributed by atoms with E-state index in [0.717, 1.165) is 56.7 Å². The Labute approximate surface area is 192 Å². The number of halogens is 1. The Balaban J connectivity index is 0.00000300. The van der Waals surface area contributed by atoms with E-state index in [1.165, 1.54) is 38.6 Å². The molecule has 0 amide bonds. The number of guanidine groups is 1. The number of rotatable bonds is 8. The first-order valence-corrected chi connectivity index (χ1v) is 11.1. The number of aryl methyl sites for hydroxylation is 1. The summed E-state index contributed by atoms with van der Waals surface area (Å²) in [5.41, 5.74) is 1.12. The predicted octanol–water partition coefficient (Wildman–Crippen LogP) is 3.13. The maximum atomic E-state index is 11.9. The van der Waals surface area contributed by atoms with Crippen molar-refractivity contribution < 1.29 is 0 Å². The van der Waals surface area contributed by atoms with E-state index in [4.69, 9.17) is 4.99 Å². The molecule has 1 aliphatic carbocycles. The van der Waals surface area contributed by atoms with E-state index in [1.807, 2.05) is 23.6 Å². The molecule has 1 saturated carbocycles. The molecule has 1 unspecified atom stereocenters. The van der Waals surface area contributed by atoms with Gasteiger partial charge in [-0.05, 0) is 52.0 Å². The summed E-state index contributed by atoms with van der Waals surface area (Å²) >= 11 is 0. The van der Waals surface area contributed by atoms with Crippen molar-refractivity contribution in [2.45, 2.75) is 77.4 Å². The Morgan fingerprint density at radius 3 is 2.72 bits per heavy atom. The average Bonchev–Trinajstić information content (AvgIpc) is 3.35. The first-order chi connectivity index (χ1) is 13.7. The Hall–Kier alpha value is -1.09. The third-order valence-electron chi connectivity index (χ3n) is 6.07. The lowest BCUT2D eigenvalue weighted by atomic mass is 10.2. The maximum Gasteiger partial charge on any atom is 0.250 e. The standard InChI is InChI=1S/C22H37N5O.HI/c1-3-23-22(25-19-13-16-26(17-19)20-10-4-5-11-20)24-14-6-7-15-27-18(2)9-8-12-21(27)28;/h8-9,12,19-20H,3-7,10-11,13-17H2,1-2H3,(H2,23,24,25);1H. The lowest BCUT2D eigenvalue weighted by Gasteiger charge is -2.24. The molecule has 1 aliphatic heterocycles. The monoisotopic (exact) mass is 515 g/mol. The summed E-state index contributed by atoms with van der Waals surface area (Å²) < 4.78 is 1.85. The van der Waals surface area contributed by atoms with Crippen molar-refractivity contribution in [2.24, 2.45) is 4.99 Å². The van der Waals surface area contributed by atoms with Crippen molar-refractivity contribution in [1.82, 2.24) is 20.1 Å². The molecule has 2 aliphatic rings. The summed E-state index contributed by atoms with van der Waals surface area (Å²) in [7, 11) is 0.